The number of thiazole rings is 1. The van der Waals surface area contributed by atoms with Crippen molar-refractivity contribution in [1.82, 2.24) is 15.2 Å². The summed E-state index contributed by atoms with van der Waals surface area (Å²) in [5, 5.41) is 4.70. The van der Waals surface area contributed by atoms with E-state index in [1.54, 1.807) is 0 Å². The molecule has 1 aliphatic rings. The molecule has 1 N–H and O–H groups in total. The number of nitrogens with one attached hydrogen (secondary N) is 1. The Kier molecular flexibility index (Phi) is 4.95. The summed E-state index contributed by atoms with van der Waals surface area (Å²) in [6, 6.07) is 0. The van der Waals surface area contributed by atoms with Gasteiger partial charge in [0.2, 0.25) is 0 Å². The fourth-order valence-electron chi connectivity index (χ4n) is 2.26. The highest BCUT2D eigenvalue weighted by atomic mass is 32.1. The normalized spacial score (nSPS) is 16.1. The van der Waals surface area contributed by atoms with Gasteiger partial charge in [0.25, 0.3) is 0 Å². The van der Waals surface area contributed by atoms with Crippen LogP contribution in [0.5, 0.6) is 0 Å². The first-order chi connectivity index (χ1) is 8.33. The van der Waals surface area contributed by atoms with Crippen LogP contribution in [0.3, 0.4) is 0 Å². The van der Waals surface area contributed by atoms with Crippen molar-refractivity contribution in [3.05, 3.63) is 15.6 Å². The fraction of sp³-hybridized carbons (Fsp3) is 0.769. The highest BCUT2D eigenvalue weighted by Gasteiger charge is 2.19. The largest absolute Gasteiger partial charge is 0.310 e. The van der Waals surface area contributed by atoms with Crippen LogP contribution in [0.4, 0.5) is 0 Å². The van der Waals surface area contributed by atoms with Gasteiger partial charge in [0.05, 0.1) is 5.69 Å². The van der Waals surface area contributed by atoms with Crippen molar-refractivity contribution in [3.8, 4) is 0 Å². The zero-order valence-electron chi connectivity index (χ0n) is 11.0. The van der Waals surface area contributed by atoms with Crippen LogP contribution in [0, 0.1) is 0 Å². The molecular weight excluding hydrogens is 230 g/mol. The number of hydrogen-bond donors (Lipinski definition) is 1. The molecule has 96 valence electrons. The lowest BCUT2D eigenvalue weighted by atomic mass is 10.2. The third kappa shape index (κ3) is 3.50. The molecular formula is C13H23N3S. The summed E-state index contributed by atoms with van der Waals surface area (Å²) in [6.07, 6.45) is 3.58. The van der Waals surface area contributed by atoms with E-state index in [0.29, 0.717) is 0 Å². The molecule has 2 rings (SSSR count). The SMILES string of the molecule is CCCNCc1nc2c(s1)CN(CCC)CC2. The minimum atomic E-state index is 0.944. The smallest absolute Gasteiger partial charge is 0.107 e. The first-order valence-electron chi connectivity index (χ1n) is 6.74. The van der Waals surface area contributed by atoms with Gasteiger partial charge in [-0.1, -0.05) is 13.8 Å². The lowest BCUT2D eigenvalue weighted by Gasteiger charge is -2.25. The summed E-state index contributed by atoms with van der Waals surface area (Å²) in [6.45, 7) is 10.0. The van der Waals surface area contributed by atoms with E-state index in [4.69, 9.17) is 4.98 Å². The van der Waals surface area contributed by atoms with Crippen LogP contribution in [0.15, 0.2) is 0 Å². The zero-order valence-corrected chi connectivity index (χ0v) is 11.8. The van der Waals surface area contributed by atoms with Crippen LogP contribution in [-0.2, 0) is 19.5 Å². The highest BCUT2D eigenvalue weighted by molar-refractivity contribution is 7.11. The van der Waals surface area contributed by atoms with Gasteiger partial charge in [-0.3, -0.25) is 4.90 Å². The fourth-order valence-corrected chi connectivity index (χ4v) is 3.38. The molecule has 1 aromatic heterocycles. The quantitative estimate of drug-likeness (QED) is 0.789. The van der Waals surface area contributed by atoms with Crippen LogP contribution in [-0.4, -0.2) is 29.5 Å². The molecule has 0 aromatic carbocycles. The number of aromatic nitrogens is 1. The third-order valence-electron chi connectivity index (χ3n) is 3.10. The van der Waals surface area contributed by atoms with E-state index in [1.807, 2.05) is 11.3 Å². The van der Waals surface area contributed by atoms with Crippen molar-refractivity contribution in [2.75, 3.05) is 19.6 Å². The van der Waals surface area contributed by atoms with E-state index < -0.39 is 0 Å². The monoisotopic (exact) mass is 253 g/mol. The number of hydrogen-bond acceptors (Lipinski definition) is 4. The highest BCUT2D eigenvalue weighted by Crippen LogP contribution is 2.25. The Morgan fingerprint density at radius 1 is 1.35 bits per heavy atom. The average molecular weight is 253 g/mol. The summed E-state index contributed by atoms with van der Waals surface area (Å²) < 4.78 is 0. The molecule has 0 radical (unpaired) electrons. The number of rotatable bonds is 6. The Morgan fingerprint density at radius 3 is 3.00 bits per heavy atom. The van der Waals surface area contributed by atoms with Gasteiger partial charge in [0.1, 0.15) is 5.01 Å². The molecule has 0 spiro atoms. The molecule has 1 aromatic rings. The van der Waals surface area contributed by atoms with Crippen molar-refractivity contribution >= 4 is 11.3 Å². The molecule has 0 fully saturated rings. The second kappa shape index (κ2) is 6.47. The molecule has 0 aliphatic carbocycles. The van der Waals surface area contributed by atoms with E-state index in [2.05, 4.69) is 24.1 Å². The lowest BCUT2D eigenvalue weighted by molar-refractivity contribution is 0.256. The summed E-state index contributed by atoms with van der Waals surface area (Å²) >= 11 is 1.90. The van der Waals surface area contributed by atoms with Crippen molar-refractivity contribution in [1.29, 1.82) is 0 Å². The van der Waals surface area contributed by atoms with Crippen LogP contribution in [0.2, 0.25) is 0 Å². The molecule has 2 heterocycles. The second-order valence-electron chi connectivity index (χ2n) is 4.68. The second-order valence-corrected chi connectivity index (χ2v) is 5.85. The summed E-state index contributed by atoms with van der Waals surface area (Å²) in [5.74, 6) is 0. The maximum absolute atomic E-state index is 4.75. The van der Waals surface area contributed by atoms with Gasteiger partial charge in [-0.2, -0.15) is 0 Å². The summed E-state index contributed by atoms with van der Waals surface area (Å²) in [4.78, 5) is 8.79. The minimum absolute atomic E-state index is 0.944. The van der Waals surface area contributed by atoms with Gasteiger partial charge in [0.15, 0.2) is 0 Å². The standard InChI is InChI=1S/C13H23N3S/c1-3-6-14-9-13-15-11-5-8-16(7-4-2)10-12(11)17-13/h14H,3-10H2,1-2H3. The third-order valence-corrected chi connectivity index (χ3v) is 4.18. The molecule has 17 heavy (non-hydrogen) atoms. The van der Waals surface area contributed by atoms with Gasteiger partial charge in [0, 0.05) is 30.9 Å². The number of nitrogens with zero attached hydrogens (tertiary/aromatic N) is 2. The maximum Gasteiger partial charge on any atom is 0.107 e. The Labute approximate surface area is 108 Å². The number of fused-ring (bicyclic) bond motifs is 1. The van der Waals surface area contributed by atoms with Crippen molar-refractivity contribution in [3.63, 3.8) is 0 Å². The Morgan fingerprint density at radius 2 is 2.24 bits per heavy atom. The maximum atomic E-state index is 4.75. The van der Waals surface area contributed by atoms with E-state index in [9.17, 15) is 0 Å². The van der Waals surface area contributed by atoms with Gasteiger partial charge >= 0.3 is 0 Å². The molecule has 4 heteroatoms. The predicted molar refractivity (Wildman–Crippen MR) is 73.4 cm³/mol. The Balaban J connectivity index is 1.92. The van der Waals surface area contributed by atoms with E-state index in [1.165, 1.54) is 41.5 Å². The molecule has 0 bridgehead atoms. The average Bonchev–Trinajstić information content (AvgIpc) is 2.72. The summed E-state index contributed by atoms with van der Waals surface area (Å²) in [7, 11) is 0. The van der Waals surface area contributed by atoms with E-state index in [-0.39, 0.29) is 0 Å². The van der Waals surface area contributed by atoms with Crippen LogP contribution < -0.4 is 5.32 Å². The van der Waals surface area contributed by atoms with Gasteiger partial charge in [-0.15, -0.1) is 11.3 Å². The van der Waals surface area contributed by atoms with Gasteiger partial charge in [-0.25, -0.2) is 4.98 Å². The van der Waals surface area contributed by atoms with Crippen LogP contribution >= 0.6 is 11.3 Å². The molecule has 0 amide bonds. The van der Waals surface area contributed by atoms with Crippen LogP contribution in [0.1, 0.15) is 42.3 Å². The van der Waals surface area contributed by atoms with Gasteiger partial charge in [-0.05, 0) is 25.9 Å². The molecule has 0 atom stereocenters. The first kappa shape index (κ1) is 13.0. The van der Waals surface area contributed by atoms with Crippen molar-refractivity contribution in [2.24, 2.45) is 0 Å². The van der Waals surface area contributed by atoms with Crippen molar-refractivity contribution < 1.29 is 0 Å². The van der Waals surface area contributed by atoms with Crippen LogP contribution in [0.25, 0.3) is 0 Å². The molecule has 0 saturated heterocycles. The minimum Gasteiger partial charge on any atom is -0.310 e. The van der Waals surface area contributed by atoms with E-state index >= 15 is 0 Å². The molecule has 3 nitrogen and oxygen atoms in total. The lowest BCUT2D eigenvalue weighted by Crippen LogP contribution is -2.30. The topological polar surface area (TPSA) is 28.2 Å². The molecule has 0 saturated carbocycles. The first-order valence-corrected chi connectivity index (χ1v) is 7.55. The molecule has 0 unspecified atom stereocenters. The van der Waals surface area contributed by atoms with E-state index in [0.717, 1.165) is 26.1 Å². The zero-order chi connectivity index (χ0) is 12.1. The van der Waals surface area contributed by atoms with Crippen molar-refractivity contribution in [2.45, 2.75) is 46.2 Å². The Bertz CT molecular complexity index is 348. The Hall–Kier alpha value is -0.450. The predicted octanol–water partition coefficient (Wildman–Crippen LogP) is 2.41. The molecule has 1 aliphatic heterocycles. The summed E-state index contributed by atoms with van der Waals surface area (Å²) in [5.41, 5.74) is 1.36. The van der Waals surface area contributed by atoms with Gasteiger partial charge < -0.3 is 5.32 Å².